The van der Waals surface area contributed by atoms with Crippen LogP contribution in [0.3, 0.4) is 0 Å². The van der Waals surface area contributed by atoms with Crippen LogP contribution >= 0.6 is 12.2 Å². The molecule has 0 spiro atoms. The summed E-state index contributed by atoms with van der Waals surface area (Å²) in [6.45, 7) is 3.91. The molecule has 0 amide bonds. The Bertz CT molecular complexity index is 707. The third kappa shape index (κ3) is 3.66. The SMILES string of the molecule is CCOC(=O)C1=C(C)N(C)C(=S)N[C@H]1c1ccc(OCC#N)cc1. The third-order valence-electron chi connectivity index (χ3n) is 3.77. The summed E-state index contributed by atoms with van der Waals surface area (Å²) in [5, 5.41) is 12.3. The highest BCUT2D eigenvalue weighted by Crippen LogP contribution is 2.31. The van der Waals surface area contributed by atoms with Crippen molar-refractivity contribution in [2.45, 2.75) is 19.9 Å². The molecule has 0 radical (unpaired) electrons. The molecule has 0 fully saturated rings. The highest BCUT2D eigenvalue weighted by molar-refractivity contribution is 7.80. The van der Waals surface area contributed by atoms with Crippen molar-refractivity contribution in [3.8, 4) is 11.8 Å². The number of allylic oxidation sites excluding steroid dienone is 1. The van der Waals surface area contributed by atoms with Crippen molar-refractivity contribution in [2.75, 3.05) is 20.3 Å². The van der Waals surface area contributed by atoms with E-state index in [4.69, 9.17) is 27.0 Å². The first-order chi connectivity index (χ1) is 11.5. The van der Waals surface area contributed by atoms with Crippen LogP contribution in [0.5, 0.6) is 5.75 Å². The number of esters is 1. The van der Waals surface area contributed by atoms with Gasteiger partial charge in [0.1, 0.15) is 11.8 Å². The van der Waals surface area contributed by atoms with E-state index in [1.54, 1.807) is 31.0 Å². The molecular weight excluding hydrogens is 326 g/mol. The molecule has 0 unspecified atom stereocenters. The molecule has 24 heavy (non-hydrogen) atoms. The lowest BCUT2D eigenvalue weighted by Crippen LogP contribution is -2.46. The van der Waals surface area contributed by atoms with E-state index in [0.717, 1.165) is 11.3 Å². The predicted molar refractivity (Wildman–Crippen MR) is 93.1 cm³/mol. The number of benzene rings is 1. The molecule has 2 rings (SSSR count). The highest BCUT2D eigenvalue weighted by atomic mass is 32.1. The van der Waals surface area contributed by atoms with Crippen molar-refractivity contribution in [1.82, 2.24) is 10.2 Å². The van der Waals surface area contributed by atoms with E-state index in [9.17, 15) is 4.79 Å². The van der Waals surface area contributed by atoms with Gasteiger partial charge in [0.2, 0.25) is 0 Å². The van der Waals surface area contributed by atoms with Gasteiger partial charge in [0.25, 0.3) is 0 Å². The zero-order chi connectivity index (χ0) is 17.7. The molecule has 1 aliphatic heterocycles. The van der Waals surface area contributed by atoms with Crippen LogP contribution in [0.15, 0.2) is 35.5 Å². The van der Waals surface area contributed by atoms with Crippen LogP contribution < -0.4 is 10.1 Å². The van der Waals surface area contributed by atoms with Crippen molar-refractivity contribution in [1.29, 1.82) is 5.26 Å². The van der Waals surface area contributed by atoms with Gasteiger partial charge in [0.05, 0.1) is 18.2 Å². The van der Waals surface area contributed by atoms with E-state index in [1.165, 1.54) is 0 Å². The molecular formula is C17H19N3O3S. The monoisotopic (exact) mass is 345 g/mol. The molecule has 1 aliphatic rings. The van der Waals surface area contributed by atoms with Crippen LogP contribution in [0.4, 0.5) is 0 Å². The number of carbonyl (C=O) groups is 1. The molecule has 0 aromatic heterocycles. The molecule has 0 aliphatic carbocycles. The number of thiocarbonyl (C=S) groups is 1. The smallest absolute Gasteiger partial charge is 0.338 e. The fraction of sp³-hybridized carbons (Fsp3) is 0.353. The van der Waals surface area contributed by atoms with E-state index in [-0.39, 0.29) is 12.6 Å². The van der Waals surface area contributed by atoms with Gasteiger partial charge < -0.3 is 19.7 Å². The molecule has 1 heterocycles. The van der Waals surface area contributed by atoms with Crippen LogP contribution in [0, 0.1) is 11.3 Å². The molecule has 1 aromatic rings. The van der Waals surface area contributed by atoms with Crippen molar-refractivity contribution in [2.24, 2.45) is 0 Å². The normalized spacial score (nSPS) is 17.2. The van der Waals surface area contributed by atoms with Gasteiger partial charge in [-0.25, -0.2) is 4.79 Å². The Labute approximate surface area is 146 Å². The number of nitrogens with zero attached hydrogens (tertiary/aromatic N) is 2. The predicted octanol–water partition coefficient (Wildman–Crippen LogP) is 2.29. The van der Waals surface area contributed by atoms with Gasteiger partial charge >= 0.3 is 5.97 Å². The van der Waals surface area contributed by atoms with Gasteiger partial charge in [-0.1, -0.05) is 12.1 Å². The van der Waals surface area contributed by atoms with Crippen LogP contribution in [0.1, 0.15) is 25.5 Å². The van der Waals surface area contributed by atoms with E-state index in [1.807, 2.05) is 25.1 Å². The molecule has 0 saturated heterocycles. The number of hydrogen-bond acceptors (Lipinski definition) is 5. The lowest BCUT2D eigenvalue weighted by atomic mass is 9.95. The second-order valence-corrected chi connectivity index (χ2v) is 5.56. The second-order valence-electron chi connectivity index (χ2n) is 5.18. The van der Waals surface area contributed by atoms with Crippen LogP contribution in [-0.4, -0.2) is 36.2 Å². The van der Waals surface area contributed by atoms with E-state index < -0.39 is 6.04 Å². The van der Waals surface area contributed by atoms with Gasteiger partial charge in [-0.05, 0) is 43.8 Å². The molecule has 126 valence electrons. The average Bonchev–Trinajstić information content (AvgIpc) is 2.58. The maximum absolute atomic E-state index is 12.4. The Kier molecular flexibility index (Phi) is 5.77. The quantitative estimate of drug-likeness (QED) is 0.648. The summed E-state index contributed by atoms with van der Waals surface area (Å²) < 4.78 is 10.4. The fourth-order valence-corrected chi connectivity index (χ4v) is 2.69. The number of carbonyl (C=O) groups excluding carboxylic acids is 1. The van der Waals surface area contributed by atoms with Crippen LogP contribution in [-0.2, 0) is 9.53 Å². The molecule has 0 saturated carbocycles. The maximum Gasteiger partial charge on any atom is 0.338 e. The lowest BCUT2D eigenvalue weighted by molar-refractivity contribution is -0.139. The molecule has 1 N–H and O–H groups in total. The molecule has 7 heteroatoms. The zero-order valence-electron chi connectivity index (χ0n) is 13.8. The number of hydrogen-bond donors (Lipinski definition) is 1. The summed E-state index contributed by atoms with van der Waals surface area (Å²) in [6, 6.07) is 8.72. The van der Waals surface area contributed by atoms with Crippen LogP contribution in [0.2, 0.25) is 0 Å². The van der Waals surface area contributed by atoms with Crippen molar-refractivity contribution >= 4 is 23.3 Å². The number of nitriles is 1. The largest absolute Gasteiger partial charge is 0.479 e. The fourth-order valence-electron chi connectivity index (χ4n) is 2.43. The van der Waals surface area contributed by atoms with E-state index in [2.05, 4.69) is 5.32 Å². The van der Waals surface area contributed by atoms with E-state index in [0.29, 0.717) is 23.0 Å². The summed E-state index contributed by atoms with van der Waals surface area (Å²) in [5.74, 6) is 0.223. The van der Waals surface area contributed by atoms with Crippen molar-refractivity contribution in [3.05, 3.63) is 41.1 Å². The first kappa shape index (κ1) is 17.8. The minimum absolute atomic E-state index is 0.0109. The number of rotatable bonds is 5. The molecule has 0 bridgehead atoms. The number of nitrogens with one attached hydrogen (secondary N) is 1. The number of ether oxygens (including phenoxy) is 2. The zero-order valence-corrected chi connectivity index (χ0v) is 14.6. The average molecular weight is 345 g/mol. The Morgan fingerprint density at radius 1 is 1.42 bits per heavy atom. The first-order valence-corrected chi connectivity index (χ1v) is 7.92. The summed E-state index contributed by atoms with van der Waals surface area (Å²) in [6.07, 6.45) is 0. The summed E-state index contributed by atoms with van der Waals surface area (Å²) in [4.78, 5) is 14.2. The van der Waals surface area contributed by atoms with Crippen LogP contribution in [0.25, 0.3) is 0 Å². The Balaban J connectivity index is 2.36. The molecule has 6 nitrogen and oxygen atoms in total. The summed E-state index contributed by atoms with van der Waals surface area (Å²) in [5.41, 5.74) is 2.14. The molecule has 1 aromatic carbocycles. The summed E-state index contributed by atoms with van der Waals surface area (Å²) >= 11 is 5.34. The second kappa shape index (κ2) is 7.79. The van der Waals surface area contributed by atoms with Gasteiger partial charge in [0.15, 0.2) is 11.7 Å². The first-order valence-electron chi connectivity index (χ1n) is 7.51. The highest BCUT2D eigenvalue weighted by Gasteiger charge is 2.33. The van der Waals surface area contributed by atoms with Crippen molar-refractivity contribution in [3.63, 3.8) is 0 Å². The Morgan fingerprint density at radius 2 is 2.08 bits per heavy atom. The van der Waals surface area contributed by atoms with Gasteiger partial charge in [0, 0.05) is 12.7 Å². The standard InChI is InChI=1S/C17H19N3O3S/c1-4-22-16(21)14-11(2)20(3)17(24)19-15(14)12-5-7-13(8-6-12)23-10-9-18/h5-8,15H,4,10H2,1-3H3,(H,19,24)/t15-/m0/s1. The minimum atomic E-state index is -0.391. The third-order valence-corrected chi connectivity index (χ3v) is 4.16. The summed E-state index contributed by atoms with van der Waals surface area (Å²) in [7, 11) is 1.80. The maximum atomic E-state index is 12.4. The lowest BCUT2D eigenvalue weighted by Gasteiger charge is -2.35. The van der Waals surface area contributed by atoms with Gasteiger partial charge in [-0.3, -0.25) is 0 Å². The molecule has 1 atom stereocenters. The van der Waals surface area contributed by atoms with Gasteiger partial charge in [-0.15, -0.1) is 0 Å². The Morgan fingerprint density at radius 3 is 2.67 bits per heavy atom. The van der Waals surface area contributed by atoms with Crippen molar-refractivity contribution < 1.29 is 14.3 Å². The van der Waals surface area contributed by atoms with Gasteiger partial charge in [-0.2, -0.15) is 5.26 Å². The van der Waals surface area contributed by atoms with E-state index >= 15 is 0 Å². The topological polar surface area (TPSA) is 74.6 Å². The minimum Gasteiger partial charge on any atom is -0.479 e. The Hall–Kier alpha value is -2.59.